The fourth-order valence-corrected chi connectivity index (χ4v) is 5.23. The van der Waals surface area contributed by atoms with E-state index in [1.54, 1.807) is 11.6 Å². The molecule has 2 amide bonds. The van der Waals surface area contributed by atoms with Gasteiger partial charge in [0.25, 0.3) is 17.5 Å². The van der Waals surface area contributed by atoms with Gasteiger partial charge in [0, 0.05) is 34.2 Å². The number of hydrogen-bond acceptors (Lipinski definition) is 7. The number of anilines is 2. The molecule has 1 aromatic carbocycles. The molecule has 4 rings (SSSR count). The first-order valence-corrected chi connectivity index (χ1v) is 11.1. The van der Waals surface area contributed by atoms with Gasteiger partial charge in [0.1, 0.15) is 5.00 Å². The fraction of sp³-hybridized carbons (Fsp3) is 0.250. The van der Waals surface area contributed by atoms with Gasteiger partial charge in [0.05, 0.1) is 10.5 Å². The largest absolute Gasteiger partial charge is 0.313 e. The Balaban J connectivity index is 1.64. The lowest BCUT2D eigenvalue weighted by Crippen LogP contribution is -2.18. The van der Waals surface area contributed by atoms with Crippen LogP contribution in [0.1, 0.15) is 50.4 Å². The van der Waals surface area contributed by atoms with Crippen molar-refractivity contribution in [3.8, 4) is 0 Å². The van der Waals surface area contributed by atoms with Crippen LogP contribution >= 0.6 is 22.7 Å². The van der Waals surface area contributed by atoms with Gasteiger partial charge < -0.3 is 5.32 Å². The first kappa shape index (κ1) is 20.2. The highest BCUT2D eigenvalue weighted by Crippen LogP contribution is 2.38. The third kappa shape index (κ3) is 4.24. The van der Waals surface area contributed by atoms with Crippen LogP contribution in [0, 0.1) is 10.1 Å². The smallest absolute Gasteiger partial charge is 0.269 e. The number of nitro groups is 1. The van der Waals surface area contributed by atoms with Crippen LogP contribution in [0.25, 0.3) is 0 Å². The van der Waals surface area contributed by atoms with Gasteiger partial charge in [-0.1, -0.05) is 6.42 Å². The van der Waals surface area contributed by atoms with Crippen LogP contribution < -0.4 is 10.6 Å². The van der Waals surface area contributed by atoms with Crippen LogP contribution in [-0.4, -0.2) is 21.7 Å². The quantitative estimate of drug-likeness (QED) is 0.332. The van der Waals surface area contributed by atoms with Crippen molar-refractivity contribution in [1.82, 2.24) is 4.98 Å². The number of amides is 2. The van der Waals surface area contributed by atoms with E-state index in [9.17, 15) is 19.7 Å². The zero-order valence-corrected chi connectivity index (χ0v) is 17.5. The zero-order chi connectivity index (χ0) is 21.1. The molecule has 0 spiro atoms. The van der Waals surface area contributed by atoms with Gasteiger partial charge in [-0.2, -0.15) is 0 Å². The maximum atomic E-state index is 13.1. The molecule has 0 atom stereocenters. The normalized spacial score (nSPS) is 13.2. The van der Waals surface area contributed by atoms with Gasteiger partial charge in [-0.25, -0.2) is 4.98 Å². The number of fused-ring (bicyclic) bond motifs is 1. The summed E-state index contributed by atoms with van der Waals surface area (Å²) < 4.78 is 0. The molecule has 0 radical (unpaired) electrons. The van der Waals surface area contributed by atoms with Crippen LogP contribution in [0.5, 0.6) is 0 Å². The summed E-state index contributed by atoms with van der Waals surface area (Å²) >= 11 is 2.76. The lowest BCUT2D eigenvalue weighted by molar-refractivity contribution is -0.384. The number of rotatable bonds is 5. The van der Waals surface area contributed by atoms with Crippen LogP contribution in [0.15, 0.2) is 35.8 Å². The van der Waals surface area contributed by atoms with Crippen molar-refractivity contribution in [2.24, 2.45) is 0 Å². The third-order valence-corrected chi connectivity index (χ3v) is 6.76. The third-order valence-electron chi connectivity index (χ3n) is 4.87. The summed E-state index contributed by atoms with van der Waals surface area (Å²) in [5, 5.41) is 19.3. The highest BCUT2D eigenvalue weighted by molar-refractivity contribution is 7.17. The first-order valence-electron chi connectivity index (χ1n) is 9.44. The molecule has 0 saturated carbocycles. The van der Waals surface area contributed by atoms with Gasteiger partial charge in [-0.05, 0) is 43.4 Å². The number of thiazole rings is 1. The fourth-order valence-electron chi connectivity index (χ4n) is 3.43. The minimum absolute atomic E-state index is 0.0853. The summed E-state index contributed by atoms with van der Waals surface area (Å²) in [5.74, 6) is -0.701. The monoisotopic (exact) mass is 442 g/mol. The predicted molar refractivity (Wildman–Crippen MR) is 117 cm³/mol. The van der Waals surface area contributed by atoms with Gasteiger partial charge in [0.15, 0.2) is 5.13 Å². The molecule has 1 aliphatic rings. The van der Waals surface area contributed by atoms with Crippen LogP contribution in [0.4, 0.5) is 15.8 Å². The summed E-state index contributed by atoms with van der Waals surface area (Å²) in [5.41, 5.74) is 1.68. The lowest BCUT2D eigenvalue weighted by Gasteiger charge is -2.09. The topological polar surface area (TPSA) is 114 Å². The minimum atomic E-state index is -0.515. The van der Waals surface area contributed by atoms with Crippen LogP contribution in [0.3, 0.4) is 0 Å². The molecule has 0 aliphatic heterocycles. The standard InChI is InChI=1S/C20H18N4O4S2/c25-17(12-6-8-13(9-7-12)24(27)28)22-19-16(18(26)23-20-21-10-11-29-20)14-4-2-1-3-5-15(14)30-19/h6-11H,1-5H2,(H,22,25)(H,21,23,26). The number of hydrogen-bond donors (Lipinski definition) is 2. The Kier molecular flexibility index (Phi) is 5.86. The van der Waals surface area contributed by atoms with Crippen molar-refractivity contribution in [3.63, 3.8) is 0 Å². The lowest BCUT2D eigenvalue weighted by atomic mass is 10.0. The molecular weight excluding hydrogens is 424 g/mol. The molecule has 2 N–H and O–H groups in total. The summed E-state index contributed by atoms with van der Waals surface area (Å²) in [7, 11) is 0. The number of benzene rings is 1. The molecule has 0 bridgehead atoms. The Morgan fingerprint density at radius 1 is 1.03 bits per heavy atom. The molecule has 2 heterocycles. The van der Waals surface area contributed by atoms with Gasteiger partial charge in [-0.15, -0.1) is 22.7 Å². The highest BCUT2D eigenvalue weighted by atomic mass is 32.1. The van der Waals surface area contributed by atoms with E-state index in [0.717, 1.165) is 42.5 Å². The SMILES string of the molecule is O=C(Nc1sc2c(c1C(=O)Nc1nccs1)CCCCC2)c1ccc([N+](=O)[O-])cc1. The van der Waals surface area contributed by atoms with E-state index in [0.29, 0.717) is 15.7 Å². The molecular formula is C20H18N4O4S2. The second-order valence-corrected chi connectivity index (χ2v) is 8.82. The molecule has 0 unspecified atom stereocenters. The molecule has 2 aromatic heterocycles. The van der Waals surface area contributed by atoms with E-state index < -0.39 is 10.8 Å². The zero-order valence-electron chi connectivity index (χ0n) is 15.8. The van der Waals surface area contributed by atoms with E-state index in [4.69, 9.17) is 0 Å². The molecule has 3 aromatic rings. The van der Waals surface area contributed by atoms with E-state index in [2.05, 4.69) is 15.6 Å². The summed E-state index contributed by atoms with van der Waals surface area (Å²) in [6.45, 7) is 0. The second kappa shape index (κ2) is 8.72. The Hall–Kier alpha value is -3.11. The van der Waals surface area contributed by atoms with Crippen molar-refractivity contribution in [2.45, 2.75) is 32.1 Å². The van der Waals surface area contributed by atoms with Gasteiger partial charge >= 0.3 is 0 Å². The summed E-state index contributed by atoms with van der Waals surface area (Å²) in [4.78, 5) is 41.3. The van der Waals surface area contributed by atoms with Crippen molar-refractivity contribution in [1.29, 1.82) is 0 Å². The van der Waals surface area contributed by atoms with Crippen LogP contribution in [-0.2, 0) is 12.8 Å². The highest BCUT2D eigenvalue weighted by Gasteiger charge is 2.26. The number of nitrogens with zero attached hydrogens (tertiary/aromatic N) is 2. The Labute approximate surface area is 180 Å². The Morgan fingerprint density at radius 2 is 1.80 bits per heavy atom. The van der Waals surface area contributed by atoms with E-state index in [1.165, 1.54) is 46.9 Å². The predicted octanol–water partition coefficient (Wildman–Crippen LogP) is 4.89. The summed E-state index contributed by atoms with van der Waals surface area (Å²) in [6, 6.07) is 5.38. The molecule has 0 saturated heterocycles. The molecule has 154 valence electrons. The Bertz CT molecular complexity index is 1090. The second-order valence-electron chi connectivity index (χ2n) is 6.82. The number of thiophene rings is 1. The van der Waals surface area contributed by atoms with Gasteiger partial charge in [-0.3, -0.25) is 25.0 Å². The number of aromatic nitrogens is 1. The number of nitrogens with one attached hydrogen (secondary N) is 2. The average Bonchev–Trinajstić information content (AvgIpc) is 3.29. The first-order chi connectivity index (χ1) is 14.5. The maximum absolute atomic E-state index is 13.1. The van der Waals surface area contributed by atoms with Crippen molar-refractivity contribution in [3.05, 3.63) is 67.5 Å². The average molecular weight is 443 g/mol. The summed E-state index contributed by atoms with van der Waals surface area (Å²) in [6.07, 6.45) is 6.45. The number of carbonyl (C=O) groups excluding carboxylic acids is 2. The van der Waals surface area contributed by atoms with Crippen LogP contribution in [0.2, 0.25) is 0 Å². The van der Waals surface area contributed by atoms with Gasteiger partial charge in [0.2, 0.25) is 0 Å². The molecule has 8 nitrogen and oxygen atoms in total. The van der Waals surface area contributed by atoms with Crippen molar-refractivity contribution >= 4 is 50.3 Å². The van der Waals surface area contributed by atoms with Crippen molar-refractivity contribution < 1.29 is 14.5 Å². The van der Waals surface area contributed by atoms with E-state index in [1.807, 2.05) is 0 Å². The maximum Gasteiger partial charge on any atom is 0.269 e. The molecule has 0 fully saturated rings. The van der Waals surface area contributed by atoms with Crippen molar-refractivity contribution in [2.75, 3.05) is 10.6 Å². The molecule has 1 aliphatic carbocycles. The number of non-ortho nitro benzene ring substituents is 1. The number of carbonyl (C=O) groups is 2. The number of aryl methyl sites for hydroxylation is 1. The molecule has 10 heteroatoms. The molecule has 30 heavy (non-hydrogen) atoms. The Morgan fingerprint density at radius 3 is 2.50 bits per heavy atom. The van der Waals surface area contributed by atoms with E-state index >= 15 is 0 Å². The van der Waals surface area contributed by atoms with E-state index in [-0.39, 0.29) is 17.2 Å². The number of nitro benzene ring substituents is 1. The minimum Gasteiger partial charge on any atom is -0.313 e.